The van der Waals surface area contributed by atoms with Gasteiger partial charge < -0.3 is 9.15 Å². The van der Waals surface area contributed by atoms with E-state index in [-0.39, 0.29) is 5.41 Å². The zero-order chi connectivity index (χ0) is 18.2. The van der Waals surface area contributed by atoms with Crippen molar-refractivity contribution in [1.82, 2.24) is 4.58 Å². The zero-order valence-electron chi connectivity index (χ0n) is 16.4. The van der Waals surface area contributed by atoms with Crippen molar-refractivity contribution in [2.75, 3.05) is 20.2 Å². The molecule has 0 amide bonds. The molecule has 0 radical (unpaired) electrons. The van der Waals surface area contributed by atoms with E-state index >= 15 is 0 Å². The Kier molecular flexibility index (Phi) is 4.77. The fourth-order valence-electron chi connectivity index (χ4n) is 4.02. The number of nitrogens with zero attached hydrogens (tertiary/aromatic N) is 1. The van der Waals surface area contributed by atoms with Gasteiger partial charge in [0, 0.05) is 17.2 Å². The molecule has 0 unspecified atom stereocenters. The van der Waals surface area contributed by atoms with Crippen LogP contribution in [-0.2, 0) is 16.6 Å². The minimum Gasteiger partial charge on any atom is -0.504 e. The smallest absolute Gasteiger partial charge is 0.203 e. The Bertz CT molecular complexity index is 843. The van der Waals surface area contributed by atoms with Gasteiger partial charge in [0.2, 0.25) is 5.36 Å². The molecular formula is C22H30NO2+. The molecule has 2 aliphatic carbocycles. The molecule has 1 aliphatic heterocycles. The van der Waals surface area contributed by atoms with Gasteiger partial charge in [-0.25, -0.2) is 4.58 Å². The predicted molar refractivity (Wildman–Crippen MR) is 104 cm³/mol. The number of rotatable bonds is 3. The number of hydrogen-bond acceptors (Lipinski definition) is 2. The third-order valence-electron chi connectivity index (χ3n) is 5.10. The monoisotopic (exact) mass is 340 g/mol. The second-order valence-corrected chi connectivity index (χ2v) is 7.77. The van der Waals surface area contributed by atoms with Crippen molar-refractivity contribution in [1.29, 1.82) is 0 Å². The van der Waals surface area contributed by atoms with Crippen LogP contribution >= 0.6 is 0 Å². The van der Waals surface area contributed by atoms with Crippen LogP contribution in [0.4, 0.5) is 0 Å². The van der Waals surface area contributed by atoms with Gasteiger partial charge in [0.25, 0.3) is 0 Å². The van der Waals surface area contributed by atoms with Gasteiger partial charge in [-0.1, -0.05) is 20.8 Å². The molecule has 0 atom stereocenters. The molecule has 0 aromatic carbocycles. The van der Waals surface area contributed by atoms with E-state index in [1.807, 2.05) is 6.26 Å². The summed E-state index contributed by atoms with van der Waals surface area (Å²) in [5, 5.41) is 1.22. The van der Waals surface area contributed by atoms with E-state index in [0.717, 1.165) is 43.0 Å². The van der Waals surface area contributed by atoms with Crippen molar-refractivity contribution < 1.29 is 9.15 Å². The van der Waals surface area contributed by atoms with Crippen molar-refractivity contribution in [3.63, 3.8) is 0 Å². The molecule has 0 saturated carbocycles. The Balaban J connectivity index is 2.38. The first-order chi connectivity index (χ1) is 11.9. The van der Waals surface area contributed by atoms with E-state index in [9.17, 15) is 0 Å². The van der Waals surface area contributed by atoms with Crippen molar-refractivity contribution in [3.8, 4) is 11.3 Å². The highest BCUT2D eigenvalue weighted by molar-refractivity contribution is 5.76. The highest BCUT2D eigenvalue weighted by Gasteiger charge is 2.32. The molecule has 0 spiro atoms. The Morgan fingerprint density at radius 1 is 1.16 bits per heavy atom. The molecule has 3 heteroatoms. The molecule has 0 aromatic rings. The third kappa shape index (κ3) is 3.12. The quantitative estimate of drug-likeness (QED) is 0.610. The fraction of sp³-hybridized carbons (Fsp3) is 0.500. The standard InChI is InChI=1S/C22H30NO2/c1-7-23(8-2)16-10-12-17-19(13-16)25-21-15(14-24-6)9-11-18(21)20(17)22(3,4)5/h10,12-14H,7-9,11H2,1-6H3/q+1/b15-14+. The summed E-state index contributed by atoms with van der Waals surface area (Å²) in [6.07, 6.45) is 3.84. The normalized spacial score (nSPS) is 15.7. The van der Waals surface area contributed by atoms with Crippen molar-refractivity contribution in [2.24, 2.45) is 0 Å². The number of ether oxygens (including phenoxy) is 1. The molecule has 134 valence electrons. The van der Waals surface area contributed by atoms with Crippen LogP contribution in [0.25, 0.3) is 16.9 Å². The lowest BCUT2D eigenvalue weighted by molar-refractivity contribution is 0.338. The SMILES string of the molecule is CC[N+](CC)=c1ccc2c(C(C)(C)C)c3c(oc-2c1)/C(=C/OC)CC3. The maximum atomic E-state index is 6.41. The Morgan fingerprint density at radius 2 is 1.88 bits per heavy atom. The molecular weight excluding hydrogens is 310 g/mol. The van der Waals surface area contributed by atoms with Crippen LogP contribution in [0, 0.1) is 0 Å². The van der Waals surface area contributed by atoms with Crippen molar-refractivity contribution >= 4 is 5.57 Å². The summed E-state index contributed by atoms with van der Waals surface area (Å²) in [7, 11) is 1.70. The summed E-state index contributed by atoms with van der Waals surface area (Å²) in [5.74, 6) is 1.98. The molecule has 0 aromatic heterocycles. The van der Waals surface area contributed by atoms with Gasteiger partial charge in [0.05, 0.1) is 19.4 Å². The Labute approximate surface area is 151 Å². The highest BCUT2D eigenvalue weighted by Crippen LogP contribution is 2.45. The molecule has 0 saturated heterocycles. The van der Waals surface area contributed by atoms with Gasteiger partial charge in [-0.05, 0) is 49.3 Å². The summed E-state index contributed by atoms with van der Waals surface area (Å²) in [6, 6.07) is 6.67. The van der Waals surface area contributed by atoms with E-state index in [1.165, 1.54) is 22.0 Å². The maximum absolute atomic E-state index is 6.41. The minimum atomic E-state index is 0.0678. The van der Waals surface area contributed by atoms with Crippen LogP contribution in [0.2, 0.25) is 0 Å². The topological polar surface area (TPSA) is 25.4 Å². The van der Waals surface area contributed by atoms with Crippen molar-refractivity contribution in [3.05, 3.63) is 46.7 Å². The number of methoxy groups -OCH3 is 1. The molecule has 0 bridgehead atoms. The molecule has 3 nitrogen and oxygen atoms in total. The predicted octanol–water partition coefficient (Wildman–Crippen LogP) is 4.43. The van der Waals surface area contributed by atoms with Crippen LogP contribution in [-0.4, -0.2) is 20.2 Å². The van der Waals surface area contributed by atoms with Gasteiger partial charge in [-0.15, -0.1) is 0 Å². The average Bonchev–Trinajstić information content (AvgIpc) is 2.95. The van der Waals surface area contributed by atoms with E-state index in [4.69, 9.17) is 9.15 Å². The second-order valence-electron chi connectivity index (χ2n) is 7.77. The Morgan fingerprint density at radius 3 is 2.48 bits per heavy atom. The summed E-state index contributed by atoms with van der Waals surface area (Å²) in [4.78, 5) is 0. The third-order valence-corrected chi connectivity index (χ3v) is 5.10. The minimum absolute atomic E-state index is 0.0678. The van der Waals surface area contributed by atoms with Gasteiger partial charge in [0.15, 0.2) is 0 Å². The molecule has 3 rings (SSSR count). The van der Waals surface area contributed by atoms with Crippen LogP contribution in [0.1, 0.15) is 57.9 Å². The first-order valence-electron chi connectivity index (χ1n) is 9.31. The lowest BCUT2D eigenvalue weighted by Gasteiger charge is -2.26. The number of fused-ring (bicyclic) bond motifs is 2. The average molecular weight is 340 g/mol. The van der Waals surface area contributed by atoms with Crippen LogP contribution in [0.15, 0.2) is 28.9 Å². The molecule has 3 aliphatic rings. The van der Waals surface area contributed by atoms with Gasteiger partial charge in [-0.3, -0.25) is 0 Å². The van der Waals surface area contributed by atoms with Crippen LogP contribution in [0.3, 0.4) is 0 Å². The largest absolute Gasteiger partial charge is 0.504 e. The second kappa shape index (κ2) is 6.70. The van der Waals surface area contributed by atoms with Gasteiger partial charge in [0.1, 0.15) is 24.6 Å². The fourth-order valence-corrected chi connectivity index (χ4v) is 4.02. The Hall–Kier alpha value is -2.03. The maximum Gasteiger partial charge on any atom is 0.203 e. The number of hydrogen-bond donors (Lipinski definition) is 0. The van der Waals surface area contributed by atoms with E-state index in [0.29, 0.717) is 0 Å². The number of benzene rings is 1. The van der Waals surface area contributed by atoms with E-state index in [2.05, 4.69) is 57.4 Å². The number of allylic oxidation sites excluding steroid dienone is 1. The van der Waals surface area contributed by atoms with Crippen LogP contribution < -0.4 is 9.93 Å². The lowest BCUT2D eigenvalue weighted by Crippen LogP contribution is -2.29. The molecule has 0 N–H and O–H groups in total. The summed E-state index contributed by atoms with van der Waals surface area (Å²) in [5.41, 5.74) is 5.23. The van der Waals surface area contributed by atoms with Crippen molar-refractivity contribution in [2.45, 2.75) is 52.9 Å². The van der Waals surface area contributed by atoms with E-state index in [1.54, 1.807) is 7.11 Å². The van der Waals surface area contributed by atoms with Gasteiger partial charge >= 0.3 is 0 Å². The molecule has 25 heavy (non-hydrogen) atoms. The highest BCUT2D eigenvalue weighted by atomic mass is 16.5. The lowest BCUT2D eigenvalue weighted by atomic mass is 9.79. The zero-order valence-corrected chi connectivity index (χ0v) is 16.4. The van der Waals surface area contributed by atoms with Crippen LogP contribution in [0.5, 0.6) is 0 Å². The molecule has 1 heterocycles. The first-order valence-corrected chi connectivity index (χ1v) is 9.31. The summed E-state index contributed by atoms with van der Waals surface area (Å²) >= 11 is 0. The summed E-state index contributed by atoms with van der Waals surface area (Å²) < 4.78 is 14.0. The van der Waals surface area contributed by atoms with Gasteiger partial charge in [-0.2, -0.15) is 0 Å². The summed E-state index contributed by atoms with van der Waals surface area (Å²) in [6.45, 7) is 13.2. The molecule has 0 fully saturated rings. The first kappa shape index (κ1) is 17.8. The van der Waals surface area contributed by atoms with E-state index < -0.39 is 0 Å².